The van der Waals surface area contributed by atoms with Crippen molar-refractivity contribution in [1.29, 1.82) is 0 Å². The van der Waals surface area contributed by atoms with E-state index < -0.39 is 0 Å². The van der Waals surface area contributed by atoms with Crippen LogP contribution in [0.2, 0.25) is 0 Å². The van der Waals surface area contributed by atoms with Crippen molar-refractivity contribution in [2.75, 3.05) is 20.7 Å². The molecule has 5 unspecified atom stereocenters. The number of hydrogen-bond acceptors (Lipinski definition) is 4. The molecule has 0 aromatic heterocycles. The van der Waals surface area contributed by atoms with Gasteiger partial charge in [-0.05, 0) is 26.8 Å². The normalized spacial score (nSPS) is 40.3. The molecule has 2 fully saturated rings. The lowest BCUT2D eigenvalue weighted by Gasteiger charge is -2.52. The average Bonchev–Trinajstić information content (AvgIpc) is 2.67. The maximum absolute atomic E-state index is 12.4. The lowest BCUT2D eigenvalue weighted by molar-refractivity contribution is -0.138. The molecule has 5 heteroatoms. The van der Waals surface area contributed by atoms with Crippen molar-refractivity contribution >= 4 is 11.8 Å². The number of likely N-dealkylation sites (N-methyl/N-ethyl adjacent to an activating group) is 1. The molecule has 0 aromatic rings. The van der Waals surface area contributed by atoms with Crippen molar-refractivity contribution in [2.24, 2.45) is 17.8 Å². The predicted octanol–water partition coefficient (Wildman–Crippen LogP) is 0.249. The maximum atomic E-state index is 12.4. The summed E-state index contributed by atoms with van der Waals surface area (Å²) in [6, 6.07) is 0.290. The number of rotatable bonds is 3. The number of aliphatic hydroxyl groups excluding tert-OH is 1. The molecule has 0 spiro atoms. The highest BCUT2D eigenvalue weighted by atomic mass is 16.3. The Balaban J connectivity index is 2.00. The Morgan fingerprint density at radius 3 is 2.45 bits per heavy atom. The quantitative estimate of drug-likeness (QED) is 0.594. The number of piperidine rings is 1. The fourth-order valence-electron chi connectivity index (χ4n) is 4.30. The smallest absolute Gasteiger partial charge is 0.234 e. The number of hydrogen-bond donors (Lipinski definition) is 1. The fraction of sp³-hybridized carbons (Fsp3) is 0.733. The number of fused-ring (bicyclic) bond motifs is 1. The van der Waals surface area contributed by atoms with Crippen LogP contribution < -0.4 is 0 Å². The van der Waals surface area contributed by atoms with Crippen molar-refractivity contribution in [3.63, 3.8) is 0 Å². The molecule has 5 atom stereocenters. The van der Waals surface area contributed by atoms with Gasteiger partial charge in [-0.25, -0.2) is 0 Å². The van der Waals surface area contributed by atoms with E-state index in [4.69, 9.17) is 5.11 Å². The predicted molar refractivity (Wildman–Crippen MR) is 73.7 cm³/mol. The van der Waals surface area contributed by atoms with E-state index in [1.165, 1.54) is 10.5 Å². The van der Waals surface area contributed by atoms with Gasteiger partial charge in [0.1, 0.15) is 0 Å². The Hall–Kier alpha value is -1.20. The van der Waals surface area contributed by atoms with Gasteiger partial charge >= 0.3 is 0 Å². The molecule has 110 valence electrons. The largest absolute Gasteiger partial charge is 0.396 e. The summed E-state index contributed by atoms with van der Waals surface area (Å²) in [4.78, 5) is 28.3. The van der Waals surface area contributed by atoms with Gasteiger partial charge in [0.15, 0.2) is 0 Å². The Labute approximate surface area is 119 Å². The van der Waals surface area contributed by atoms with Crippen molar-refractivity contribution < 1.29 is 14.7 Å². The number of amides is 2. The van der Waals surface area contributed by atoms with E-state index in [2.05, 4.69) is 17.9 Å². The van der Waals surface area contributed by atoms with Crippen LogP contribution in [0.15, 0.2) is 11.6 Å². The molecule has 20 heavy (non-hydrogen) atoms. The van der Waals surface area contributed by atoms with Crippen LogP contribution in [0.5, 0.6) is 0 Å². The van der Waals surface area contributed by atoms with Crippen LogP contribution in [0.4, 0.5) is 0 Å². The van der Waals surface area contributed by atoms with Crippen LogP contribution in [0, 0.1) is 17.8 Å². The molecule has 0 saturated carbocycles. The molecule has 2 saturated heterocycles. The molecular formula is C15H22N2O3. The summed E-state index contributed by atoms with van der Waals surface area (Å²) in [5.74, 6) is -0.349. The number of aliphatic hydroxyl groups is 1. The Kier molecular flexibility index (Phi) is 3.21. The molecule has 1 aliphatic carbocycles. The molecule has 3 aliphatic heterocycles. The lowest BCUT2D eigenvalue weighted by atomic mass is 9.63. The minimum absolute atomic E-state index is 0.0232. The summed E-state index contributed by atoms with van der Waals surface area (Å²) in [7, 11) is 3.63. The summed E-state index contributed by atoms with van der Waals surface area (Å²) in [5, 5.41) is 9.04. The van der Waals surface area contributed by atoms with Gasteiger partial charge in [-0.2, -0.15) is 0 Å². The lowest BCUT2D eigenvalue weighted by Crippen LogP contribution is -2.60. The van der Waals surface area contributed by atoms with E-state index >= 15 is 0 Å². The van der Waals surface area contributed by atoms with Gasteiger partial charge in [0.25, 0.3) is 0 Å². The van der Waals surface area contributed by atoms with E-state index in [9.17, 15) is 9.59 Å². The molecule has 2 bridgehead atoms. The first-order valence-corrected chi connectivity index (χ1v) is 7.33. The van der Waals surface area contributed by atoms with Crippen LogP contribution in [0.1, 0.15) is 19.8 Å². The van der Waals surface area contributed by atoms with Gasteiger partial charge < -0.3 is 5.11 Å². The topological polar surface area (TPSA) is 60.9 Å². The van der Waals surface area contributed by atoms with Crippen molar-refractivity contribution in [3.05, 3.63) is 11.6 Å². The van der Waals surface area contributed by atoms with Crippen molar-refractivity contribution in [3.8, 4) is 0 Å². The molecule has 1 N–H and O–H groups in total. The number of imide groups is 1. The van der Waals surface area contributed by atoms with Gasteiger partial charge in [0, 0.05) is 31.7 Å². The standard InChI is InChI=1S/C15H22N2O3/c1-8-11-9(5-4-6-18)7-10(16(8)2)12-13(11)15(20)17(3)14(12)19/h7-8,10-13,18H,4-6H2,1-3H3. The van der Waals surface area contributed by atoms with Gasteiger partial charge in [0.2, 0.25) is 11.8 Å². The number of likely N-dealkylation sites (tertiary alicyclic amines) is 1. The van der Waals surface area contributed by atoms with Gasteiger partial charge in [-0.3, -0.25) is 19.4 Å². The molecular weight excluding hydrogens is 256 g/mol. The minimum atomic E-state index is -0.212. The third-order valence-electron chi connectivity index (χ3n) is 5.44. The van der Waals surface area contributed by atoms with Crippen LogP contribution in [-0.4, -0.2) is 59.5 Å². The molecule has 5 nitrogen and oxygen atoms in total. The monoisotopic (exact) mass is 278 g/mol. The second-order valence-electron chi connectivity index (χ2n) is 6.28. The minimum Gasteiger partial charge on any atom is -0.396 e. The molecule has 4 rings (SSSR count). The van der Waals surface area contributed by atoms with E-state index in [0.717, 1.165) is 12.8 Å². The van der Waals surface area contributed by atoms with Crippen LogP contribution in [0.3, 0.4) is 0 Å². The number of nitrogens with zero attached hydrogens (tertiary/aromatic N) is 2. The number of carbonyl (C=O) groups is 2. The van der Waals surface area contributed by atoms with Gasteiger partial charge in [-0.15, -0.1) is 0 Å². The molecule has 4 aliphatic rings. The first kappa shape index (κ1) is 13.8. The zero-order valence-electron chi connectivity index (χ0n) is 12.2. The summed E-state index contributed by atoms with van der Waals surface area (Å²) >= 11 is 0. The highest BCUT2D eigenvalue weighted by Gasteiger charge is 2.60. The highest BCUT2D eigenvalue weighted by molar-refractivity contribution is 6.06. The van der Waals surface area contributed by atoms with Crippen molar-refractivity contribution in [1.82, 2.24) is 9.80 Å². The first-order chi connectivity index (χ1) is 9.49. The second-order valence-corrected chi connectivity index (χ2v) is 6.28. The van der Waals surface area contributed by atoms with Crippen LogP contribution in [0.25, 0.3) is 0 Å². The summed E-state index contributed by atoms with van der Waals surface area (Å²) in [6.45, 7) is 2.30. The van der Waals surface area contributed by atoms with E-state index in [1.807, 2.05) is 7.05 Å². The Bertz CT molecular complexity index is 488. The zero-order valence-corrected chi connectivity index (χ0v) is 12.2. The third-order valence-corrected chi connectivity index (χ3v) is 5.44. The zero-order chi connectivity index (χ0) is 14.6. The summed E-state index contributed by atoms with van der Waals surface area (Å²) in [5.41, 5.74) is 1.26. The van der Waals surface area contributed by atoms with E-state index in [-0.39, 0.29) is 48.3 Å². The maximum Gasteiger partial charge on any atom is 0.234 e. The first-order valence-electron chi connectivity index (χ1n) is 7.33. The van der Waals surface area contributed by atoms with Crippen LogP contribution in [-0.2, 0) is 9.59 Å². The molecule has 2 amide bonds. The summed E-state index contributed by atoms with van der Waals surface area (Å²) < 4.78 is 0. The second kappa shape index (κ2) is 4.67. The Morgan fingerprint density at radius 1 is 1.15 bits per heavy atom. The van der Waals surface area contributed by atoms with Gasteiger partial charge in [-0.1, -0.05) is 11.6 Å². The van der Waals surface area contributed by atoms with Gasteiger partial charge in [0.05, 0.1) is 11.8 Å². The van der Waals surface area contributed by atoms with E-state index in [0.29, 0.717) is 0 Å². The van der Waals surface area contributed by atoms with Crippen molar-refractivity contribution in [2.45, 2.75) is 31.8 Å². The SMILES string of the molecule is CC1C2C(CCCO)=CC(C3C(=O)N(C)C(=O)C23)N1C. The molecule has 0 aromatic carbocycles. The summed E-state index contributed by atoms with van der Waals surface area (Å²) in [6.07, 6.45) is 3.72. The van der Waals surface area contributed by atoms with Crippen LogP contribution >= 0.6 is 0 Å². The Morgan fingerprint density at radius 2 is 1.80 bits per heavy atom. The highest BCUT2D eigenvalue weighted by Crippen LogP contribution is 2.50. The average molecular weight is 278 g/mol. The fourth-order valence-corrected chi connectivity index (χ4v) is 4.30. The molecule has 3 heterocycles. The third kappa shape index (κ3) is 1.63. The van der Waals surface area contributed by atoms with E-state index in [1.54, 1.807) is 7.05 Å². The number of carbonyl (C=O) groups excluding carboxylic acids is 2. The molecule has 0 radical (unpaired) electrons.